The topological polar surface area (TPSA) is 392 Å². The molecule has 89 heavy (non-hydrogen) atoms. The maximum absolute atomic E-state index is 12.5. The first kappa shape index (κ1) is 77.1. The molecular weight excluding hydrogens is 1240 g/mol. The summed E-state index contributed by atoms with van der Waals surface area (Å²) < 4.78 is 85.8. The summed E-state index contributed by atoms with van der Waals surface area (Å²) in [4.78, 5) is 151. The van der Waals surface area contributed by atoms with E-state index in [1.165, 1.54) is 56.1 Å². The van der Waals surface area contributed by atoms with Crippen LogP contribution in [0.5, 0.6) is 0 Å². The Bertz CT molecular complexity index is 2240. The molecule has 30 nitrogen and oxygen atoms in total. The summed E-state index contributed by atoms with van der Waals surface area (Å²) in [6, 6.07) is 0. The smallest absolute Gasteiger partial charge is 0.303 e. The third-order valence-corrected chi connectivity index (χ3v) is 18.1. The first-order valence-electron chi connectivity index (χ1n) is 28.6. The quantitative estimate of drug-likeness (QED) is 0.0214. The average molecular weight is 1330 g/mol. The second-order valence-electron chi connectivity index (χ2n) is 21.2. The Morgan fingerprint density at radius 3 is 0.753 bits per heavy atom. The standard InChI is InChI=1S/C56H83N3O27S3/c1-29(60)75-22-44-50(81-35(7)66)53(84-38(10)69)47(78-32(4)63)41(87-44)16-13-19-72-26-56(25-58-59-57,27-73-20-14-17-42-48(79-33(5)64)54(85-39(11)70)51(82-36(8)67)45(88-42)23-76-30(2)61)28-74-21-15-18-43-49(80-34(6)65)55(86-40(12)71)52(83-37(9)68)46(89-43)24-77-31(3)62/h41-55H,13-28H2,1-12H3/t41-,42-,43-,44+,45+,46+,47+,48+,49+,50-,51-,52-,53-,54-,55-/m1/s1. The van der Waals surface area contributed by atoms with Crippen molar-refractivity contribution in [1.29, 1.82) is 0 Å². The molecule has 3 aliphatic rings. The number of carbonyl (C=O) groups is 12. The van der Waals surface area contributed by atoms with Gasteiger partial charge in [0.05, 0.1) is 35.6 Å². The van der Waals surface area contributed by atoms with Crippen molar-refractivity contribution < 1.29 is 129 Å². The van der Waals surface area contributed by atoms with Gasteiger partial charge in [-0.3, -0.25) is 57.5 Å². The maximum atomic E-state index is 12.5. The van der Waals surface area contributed by atoms with Gasteiger partial charge in [0.1, 0.15) is 19.8 Å². The molecule has 3 heterocycles. The van der Waals surface area contributed by atoms with Gasteiger partial charge in [0.2, 0.25) is 0 Å². The molecule has 0 spiro atoms. The zero-order valence-corrected chi connectivity index (χ0v) is 54.5. The van der Waals surface area contributed by atoms with Crippen LogP contribution in [0.4, 0.5) is 0 Å². The lowest BCUT2D eigenvalue weighted by Gasteiger charge is -2.44. The summed E-state index contributed by atoms with van der Waals surface area (Å²) >= 11 is 3.61. The predicted octanol–water partition coefficient (Wildman–Crippen LogP) is 4.20. The van der Waals surface area contributed by atoms with E-state index < -0.39 is 163 Å². The molecule has 0 aromatic rings. The highest BCUT2D eigenvalue weighted by Crippen LogP contribution is 2.43. The normalized spacial score (nSPS) is 26.4. The summed E-state index contributed by atoms with van der Waals surface area (Å²) in [5, 5.41) is -0.292. The SMILES string of the molecule is CC(=O)OC[C@@H]1S[C@H](CCCOCC(CN=[N+]=[N-])(COCCC[C@H]2S[C@@H](COC(C)=O)[C@@H](OC(C)=O)[C@H](OC(C)=O)[C@H]2OC(C)=O)COCCC[C@H]2S[C@@H](COC(C)=O)[C@@H](OC(C)=O)[C@H](OC(C)=O)[C@H]2OC(C)=O)[C@H](OC(C)=O)[C@@H](OC(C)=O)[C@@H]1OC(C)=O. The van der Waals surface area contributed by atoms with Gasteiger partial charge < -0.3 is 71.1 Å². The number of hydrogen-bond donors (Lipinski definition) is 0. The largest absolute Gasteiger partial charge is 0.465 e. The summed E-state index contributed by atoms with van der Waals surface area (Å²) in [5.41, 5.74) is 8.49. The highest BCUT2D eigenvalue weighted by molar-refractivity contribution is 8.01. The minimum Gasteiger partial charge on any atom is -0.465 e. The molecule has 502 valence electrons. The maximum Gasteiger partial charge on any atom is 0.303 e. The molecule has 0 N–H and O–H groups in total. The number of ether oxygens (including phenoxy) is 15. The van der Waals surface area contributed by atoms with Gasteiger partial charge in [-0.1, -0.05) is 5.11 Å². The van der Waals surface area contributed by atoms with Crippen molar-refractivity contribution in [2.24, 2.45) is 10.5 Å². The van der Waals surface area contributed by atoms with Crippen LogP contribution in [0.1, 0.15) is 122 Å². The fraction of sp³-hybridized carbons (Fsp3) is 0.786. The third kappa shape index (κ3) is 27.9. The second kappa shape index (κ2) is 39.2. The van der Waals surface area contributed by atoms with Crippen LogP contribution in [-0.4, -0.2) is 224 Å². The molecule has 3 aliphatic heterocycles. The Hall–Kier alpha value is -6.12. The van der Waals surface area contributed by atoms with E-state index in [2.05, 4.69) is 10.0 Å². The van der Waals surface area contributed by atoms with Crippen LogP contribution in [0.15, 0.2) is 5.11 Å². The van der Waals surface area contributed by atoms with E-state index in [-0.39, 0.29) is 105 Å². The Balaban J connectivity index is 1.97. The van der Waals surface area contributed by atoms with Crippen LogP contribution in [0, 0.1) is 5.41 Å². The molecule has 0 aromatic heterocycles. The minimum absolute atomic E-state index is 0.0215. The number of azide groups is 1. The average Bonchev–Trinajstić information content (AvgIpc) is 1.95. The number of nitrogens with zero attached hydrogens (tertiary/aromatic N) is 3. The van der Waals surface area contributed by atoms with Crippen molar-refractivity contribution >= 4 is 107 Å². The minimum atomic E-state index is -1.29. The Morgan fingerprint density at radius 2 is 0.551 bits per heavy atom. The molecule has 3 saturated heterocycles. The third-order valence-electron chi connectivity index (χ3n) is 13.3. The highest BCUT2D eigenvalue weighted by Gasteiger charge is 2.54. The molecule has 0 saturated carbocycles. The lowest BCUT2D eigenvalue weighted by molar-refractivity contribution is -0.186. The lowest BCUT2D eigenvalue weighted by Crippen LogP contribution is -2.58. The van der Waals surface area contributed by atoms with Gasteiger partial charge in [-0.15, -0.1) is 35.3 Å². The second-order valence-corrected chi connectivity index (χ2v) is 25.6. The summed E-state index contributed by atoms with van der Waals surface area (Å²) in [6.07, 6.45) is -9.33. The Labute approximate surface area is 528 Å². The van der Waals surface area contributed by atoms with E-state index in [4.69, 9.17) is 71.1 Å². The molecule has 0 radical (unpaired) electrons. The van der Waals surface area contributed by atoms with Crippen molar-refractivity contribution in [3.8, 4) is 0 Å². The first-order chi connectivity index (χ1) is 41.9. The van der Waals surface area contributed by atoms with Gasteiger partial charge in [-0.25, -0.2) is 0 Å². The Morgan fingerprint density at radius 1 is 0.337 bits per heavy atom. The summed E-state index contributed by atoms with van der Waals surface area (Å²) in [5.74, 6) is -8.50. The van der Waals surface area contributed by atoms with Crippen LogP contribution >= 0.6 is 35.3 Å². The van der Waals surface area contributed by atoms with Gasteiger partial charge in [-0.2, -0.15) is 0 Å². The number of rotatable bonds is 35. The summed E-state index contributed by atoms with van der Waals surface area (Å²) in [7, 11) is 0. The zero-order chi connectivity index (χ0) is 66.5. The van der Waals surface area contributed by atoms with Crippen molar-refractivity contribution in [2.75, 3.05) is 66.0 Å². The monoisotopic (exact) mass is 1330 g/mol. The van der Waals surface area contributed by atoms with E-state index in [0.29, 0.717) is 0 Å². The Kier molecular flexibility index (Phi) is 34.0. The highest BCUT2D eigenvalue weighted by atomic mass is 32.2. The van der Waals surface area contributed by atoms with Gasteiger partial charge >= 0.3 is 71.6 Å². The van der Waals surface area contributed by atoms with E-state index in [0.717, 1.165) is 62.3 Å². The van der Waals surface area contributed by atoms with Gasteiger partial charge in [0.25, 0.3) is 0 Å². The molecule has 0 unspecified atom stereocenters. The molecular formula is C56H83N3O27S3. The number of hydrogen-bond acceptors (Lipinski definition) is 31. The number of esters is 12. The number of thioether (sulfide) groups is 3. The van der Waals surface area contributed by atoms with E-state index >= 15 is 0 Å². The lowest BCUT2D eigenvalue weighted by atomic mass is 9.91. The summed E-state index contributed by atoms with van der Waals surface area (Å²) in [6.45, 7) is 12.5. The first-order valence-corrected chi connectivity index (χ1v) is 31.4. The van der Waals surface area contributed by atoms with E-state index in [1.807, 2.05) is 0 Å². The fourth-order valence-electron chi connectivity index (χ4n) is 10.1. The molecule has 0 bridgehead atoms. The molecule has 0 aliphatic carbocycles. The molecule has 33 heteroatoms. The van der Waals surface area contributed by atoms with Crippen LogP contribution < -0.4 is 0 Å². The van der Waals surface area contributed by atoms with Crippen LogP contribution in [0.3, 0.4) is 0 Å². The molecule has 0 aromatic carbocycles. The molecule has 3 fully saturated rings. The van der Waals surface area contributed by atoms with Crippen molar-refractivity contribution in [1.82, 2.24) is 0 Å². The molecule has 15 atom stereocenters. The van der Waals surface area contributed by atoms with Gasteiger partial charge in [-0.05, 0) is 44.1 Å². The number of carbonyl (C=O) groups excluding carboxylic acids is 12. The molecule has 3 rings (SSSR count). The van der Waals surface area contributed by atoms with E-state index in [9.17, 15) is 63.1 Å². The zero-order valence-electron chi connectivity index (χ0n) is 52.1. The molecule has 0 amide bonds. The van der Waals surface area contributed by atoms with Crippen molar-refractivity contribution in [3.05, 3.63) is 10.4 Å². The van der Waals surface area contributed by atoms with Crippen molar-refractivity contribution in [2.45, 2.75) is 208 Å². The fourth-order valence-corrected chi connectivity index (χ4v) is 15.0. The van der Waals surface area contributed by atoms with Gasteiger partial charge in [0.15, 0.2) is 54.9 Å². The van der Waals surface area contributed by atoms with Crippen LogP contribution in [-0.2, 0) is 129 Å². The van der Waals surface area contributed by atoms with Crippen LogP contribution in [0.2, 0.25) is 0 Å². The van der Waals surface area contributed by atoms with Crippen molar-refractivity contribution in [3.63, 3.8) is 0 Å². The van der Waals surface area contributed by atoms with E-state index in [1.54, 1.807) is 0 Å². The van der Waals surface area contributed by atoms with Gasteiger partial charge in [0, 0.05) is 136 Å². The predicted molar refractivity (Wildman–Crippen MR) is 312 cm³/mol. The van der Waals surface area contributed by atoms with Crippen LogP contribution in [0.25, 0.3) is 10.4 Å².